The Morgan fingerprint density at radius 3 is 2.90 bits per heavy atom. The summed E-state index contributed by atoms with van der Waals surface area (Å²) in [6.07, 6.45) is 4.49. The minimum Gasteiger partial charge on any atom is -0.377 e. The highest BCUT2D eigenvalue weighted by Gasteiger charge is 2.31. The highest BCUT2D eigenvalue weighted by Crippen LogP contribution is 2.21. The number of rotatable bonds is 6. The van der Waals surface area contributed by atoms with Crippen molar-refractivity contribution in [2.45, 2.75) is 55.9 Å². The molecule has 0 aromatic carbocycles. The number of sulfonamides is 1. The van der Waals surface area contributed by atoms with Crippen molar-refractivity contribution in [3.8, 4) is 0 Å². The SMILES string of the molecule is CC1OCCC1NS(=O)(=O)c1[nH]ncc1CNC1CC1. The molecule has 2 atom stereocenters. The van der Waals surface area contributed by atoms with Crippen LogP contribution in [0.15, 0.2) is 11.2 Å². The Morgan fingerprint density at radius 2 is 2.25 bits per heavy atom. The summed E-state index contributed by atoms with van der Waals surface area (Å²) in [5, 5.41) is 9.92. The zero-order valence-corrected chi connectivity index (χ0v) is 12.2. The van der Waals surface area contributed by atoms with Gasteiger partial charge in [-0.3, -0.25) is 5.10 Å². The fourth-order valence-corrected chi connectivity index (χ4v) is 3.81. The number of ether oxygens (including phenoxy) is 1. The van der Waals surface area contributed by atoms with E-state index >= 15 is 0 Å². The molecule has 3 rings (SSSR count). The number of hydrogen-bond acceptors (Lipinski definition) is 5. The van der Waals surface area contributed by atoms with Crippen LogP contribution in [0.3, 0.4) is 0 Å². The van der Waals surface area contributed by atoms with Crippen LogP contribution in [0.2, 0.25) is 0 Å². The lowest BCUT2D eigenvalue weighted by atomic mass is 10.2. The molecular formula is C12H20N4O3S. The number of aromatic nitrogens is 2. The molecule has 112 valence electrons. The topological polar surface area (TPSA) is 96.1 Å². The van der Waals surface area contributed by atoms with Gasteiger partial charge in [-0.2, -0.15) is 5.10 Å². The molecule has 2 fully saturated rings. The van der Waals surface area contributed by atoms with Crippen LogP contribution in [0.25, 0.3) is 0 Å². The molecule has 2 unspecified atom stereocenters. The van der Waals surface area contributed by atoms with Gasteiger partial charge < -0.3 is 10.1 Å². The Kier molecular flexibility index (Phi) is 3.80. The maximum Gasteiger partial charge on any atom is 0.258 e. The molecule has 1 aromatic heterocycles. The Labute approximate surface area is 118 Å². The summed E-state index contributed by atoms with van der Waals surface area (Å²) >= 11 is 0. The molecule has 1 aliphatic heterocycles. The van der Waals surface area contributed by atoms with Crippen molar-refractivity contribution in [1.82, 2.24) is 20.2 Å². The molecule has 1 saturated carbocycles. The van der Waals surface area contributed by atoms with Crippen molar-refractivity contribution in [2.24, 2.45) is 0 Å². The molecule has 7 nitrogen and oxygen atoms in total. The van der Waals surface area contributed by atoms with Gasteiger partial charge in [-0.1, -0.05) is 0 Å². The van der Waals surface area contributed by atoms with E-state index in [1.807, 2.05) is 6.92 Å². The Morgan fingerprint density at radius 1 is 1.45 bits per heavy atom. The predicted octanol–water partition coefficient (Wildman–Crippen LogP) is 0.117. The van der Waals surface area contributed by atoms with Gasteiger partial charge in [0.2, 0.25) is 0 Å². The van der Waals surface area contributed by atoms with Crippen LogP contribution >= 0.6 is 0 Å². The number of hydrogen-bond donors (Lipinski definition) is 3. The van der Waals surface area contributed by atoms with E-state index in [2.05, 4.69) is 20.2 Å². The molecule has 1 aromatic rings. The molecule has 3 N–H and O–H groups in total. The molecule has 20 heavy (non-hydrogen) atoms. The van der Waals surface area contributed by atoms with Gasteiger partial charge in [0.25, 0.3) is 10.0 Å². The van der Waals surface area contributed by atoms with Gasteiger partial charge in [0.1, 0.15) is 0 Å². The van der Waals surface area contributed by atoms with Crippen molar-refractivity contribution in [2.75, 3.05) is 6.61 Å². The first-order valence-corrected chi connectivity index (χ1v) is 8.44. The average molecular weight is 300 g/mol. The zero-order valence-electron chi connectivity index (χ0n) is 11.4. The monoisotopic (exact) mass is 300 g/mol. The number of nitrogens with zero attached hydrogens (tertiary/aromatic N) is 1. The van der Waals surface area contributed by atoms with E-state index in [1.165, 1.54) is 0 Å². The zero-order chi connectivity index (χ0) is 14.2. The highest BCUT2D eigenvalue weighted by molar-refractivity contribution is 7.89. The standard InChI is InChI=1S/C12H20N4O3S/c1-8-11(4-5-19-8)16-20(17,18)12-9(7-14-15-12)6-13-10-2-3-10/h7-8,10-11,13,16H,2-6H2,1H3,(H,14,15). The normalized spacial score (nSPS) is 27.1. The second kappa shape index (κ2) is 5.44. The summed E-state index contributed by atoms with van der Waals surface area (Å²) < 4.78 is 32.9. The summed E-state index contributed by atoms with van der Waals surface area (Å²) in [7, 11) is -3.58. The molecule has 8 heteroatoms. The predicted molar refractivity (Wildman–Crippen MR) is 72.6 cm³/mol. The number of nitrogens with one attached hydrogen (secondary N) is 3. The van der Waals surface area contributed by atoms with Crippen LogP contribution in [-0.4, -0.2) is 43.4 Å². The molecule has 2 heterocycles. The van der Waals surface area contributed by atoms with Gasteiger partial charge >= 0.3 is 0 Å². The third kappa shape index (κ3) is 3.03. The quantitative estimate of drug-likeness (QED) is 0.693. The van der Waals surface area contributed by atoms with Crippen LogP contribution in [0.4, 0.5) is 0 Å². The molecule has 0 radical (unpaired) electrons. The highest BCUT2D eigenvalue weighted by atomic mass is 32.2. The Balaban J connectivity index is 1.71. The van der Waals surface area contributed by atoms with Crippen molar-refractivity contribution in [3.05, 3.63) is 11.8 Å². The Bertz CT molecular complexity index is 567. The van der Waals surface area contributed by atoms with E-state index in [4.69, 9.17) is 4.74 Å². The van der Waals surface area contributed by atoms with Crippen LogP contribution in [0.5, 0.6) is 0 Å². The largest absolute Gasteiger partial charge is 0.377 e. The van der Waals surface area contributed by atoms with Crippen molar-refractivity contribution in [1.29, 1.82) is 0 Å². The van der Waals surface area contributed by atoms with E-state index < -0.39 is 10.0 Å². The first-order valence-electron chi connectivity index (χ1n) is 6.96. The molecule has 0 amide bonds. The lowest BCUT2D eigenvalue weighted by Gasteiger charge is -2.16. The molecular weight excluding hydrogens is 280 g/mol. The third-order valence-electron chi connectivity index (χ3n) is 3.79. The van der Waals surface area contributed by atoms with E-state index in [1.54, 1.807) is 6.20 Å². The van der Waals surface area contributed by atoms with Crippen molar-refractivity contribution in [3.63, 3.8) is 0 Å². The van der Waals surface area contributed by atoms with Crippen LogP contribution < -0.4 is 10.0 Å². The van der Waals surface area contributed by atoms with Gasteiger partial charge in [0, 0.05) is 24.8 Å². The smallest absolute Gasteiger partial charge is 0.258 e. The third-order valence-corrected chi connectivity index (χ3v) is 5.29. The lowest BCUT2D eigenvalue weighted by Crippen LogP contribution is -2.39. The second-order valence-corrected chi connectivity index (χ2v) is 7.12. The molecule has 1 saturated heterocycles. The van der Waals surface area contributed by atoms with E-state index in [9.17, 15) is 8.42 Å². The van der Waals surface area contributed by atoms with Gasteiger partial charge in [-0.25, -0.2) is 13.1 Å². The van der Waals surface area contributed by atoms with Gasteiger partial charge in [0.05, 0.1) is 18.3 Å². The first-order chi connectivity index (χ1) is 9.56. The van der Waals surface area contributed by atoms with Crippen LogP contribution in [0, 0.1) is 0 Å². The molecule has 1 aliphatic carbocycles. The lowest BCUT2D eigenvalue weighted by molar-refractivity contribution is 0.117. The summed E-state index contributed by atoms with van der Waals surface area (Å²) in [6, 6.07) is 0.351. The number of aromatic amines is 1. The fourth-order valence-electron chi connectivity index (χ4n) is 2.34. The number of H-pyrrole nitrogens is 1. The first kappa shape index (κ1) is 14.0. The second-order valence-electron chi connectivity index (χ2n) is 5.47. The van der Waals surface area contributed by atoms with E-state index in [0.717, 1.165) is 12.8 Å². The van der Waals surface area contributed by atoms with Gasteiger partial charge in [-0.15, -0.1) is 0 Å². The summed E-state index contributed by atoms with van der Waals surface area (Å²) in [5.74, 6) is 0. The van der Waals surface area contributed by atoms with Crippen molar-refractivity contribution >= 4 is 10.0 Å². The van der Waals surface area contributed by atoms with Crippen molar-refractivity contribution < 1.29 is 13.2 Å². The maximum absolute atomic E-state index is 12.4. The van der Waals surface area contributed by atoms with E-state index in [0.29, 0.717) is 31.2 Å². The molecule has 0 bridgehead atoms. The fraction of sp³-hybridized carbons (Fsp3) is 0.750. The van der Waals surface area contributed by atoms with Gasteiger partial charge in [-0.05, 0) is 26.2 Å². The van der Waals surface area contributed by atoms with E-state index in [-0.39, 0.29) is 17.2 Å². The minimum atomic E-state index is -3.58. The summed E-state index contributed by atoms with van der Waals surface area (Å²) in [4.78, 5) is 0. The van der Waals surface area contributed by atoms with Crippen LogP contribution in [-0.2, 0) is 21.3 Å². The van der Waals surface area contributed by atoms with Crippen LogP contribution in [0.1, 0.15) is 31.7 Å². The molecule has 0 spiro atoms. The summed E-state index contributed by atoms with van der Waals surface area (Å²) in [5.41, 5.74) is 0.677. The average Bonchev–Trinajstić information content (AvgIpc) is 2.95. The summed E-state index contributed by atoms with van der Waals surface area (Å²) in [6.45, 7) is 2.99. The van der Waals surface area contributed by atoms with Gasteiger partial charge in [0.15, 0.2) is 5.03 Å². The maximum atomic E-state index is 12.4. The Hall–Kier alpha value is -0.960. The molecule has 2 aliphatic rings. The minimum absolute atomic E-state index is 0.0965.